The lowest BCUT2D eigenvalue weighted by Gasteiger charge is -2.21. The third kappa shape index (κ3) is 4.78. The molecule has 6 nitrogen and oxygen atoms in total. The van der Waals surface area contributed by atoms with Gasteiger partial charge < -0.3 is 10.1 Å². The molecule has 2 atom stereocenters. The Morgan fingerprint density at radius 3 is 2.36 bits per heavy atom. The molecule has 1 fully saturated rings. The average molecular weight is 476 g/mol. The minimum absolute atomic E-state index is 0.134. The molecule has 1 aliphatic rings. The Hall–Kier alpha value is -3.59. The van der Waals surface area contributed by atoms with E-state index in [-0.39, 0.29) is 5.69 Å². The molecule has 0 aliphatic carbocycles. The minimum atomic E-state index is -4.84. The van der Waals surface area contributed by atoms with Gasteiger partial charge in [0.25, 0.3) is 5.91 Å². The van der Waals surface area contributed by atoms with Crippen molar-refractivity contribution in [3.05, 3.63) is 77.6 Å². The van der Waals surface area contributed by atoms with Gasteiger partial charge in [-0.3, -0.25) is 9.78 Å². The maximum absolute atomic E-state index is 13.1. The van der Waals surface area contributed by atoms with E-state index < -0.39 is 36.0 Å². The van der Waals surface area contributed by atoms with Crippen molar-refractivity contribution in [1.29, 1.82) is 0 Å². The van der Waals surface area contributed by atoms with Gasteiger partial charge in [0.1, 0.15) is 11.8 Å². The van der Waals surface area contributed by atoms with Crippen molar-refractivity contribution in [2.75, 3.05) is 4.90 Å². The molecule has 1 aromatic heterocycles. The Morgan fingerprint density at radius 2 is 1.73 bits per heavy atom. The Bertz CT molecular complexity index is 1180. The molecule has 0 radical (unpaired) electrons. The van der Waals surface area contributed by atoms with Crippen molar-refractivity contribution in [2.45, 2.75) is 25.2 Å². The molecule has 4 rings (SSSR count). The summed E-state index contributed by atoms with van der Waals surface area (Å²) >= 11 is 5.98. The summed E-state index contributed by atoms with van der Waals surface area (Å²) in [6.07, 6.45) is -1.56. The van der Waals surface area contributed by atoms with Crippen LogP contribution in [0.1, 0.15) is 18.4 Å². The van der Waals surface area contributed by atoms with Crippen molar-refractivity contribution in [3.8, 4) is 16.9 Å². The van der Waals surface area contributed by atoms with Crippen molar-refractivity contribution < 1.29 is 27.5 Å². The summed E-state index contributed by atoms with van der Waals surface area (Å²) < 4.78 is 41.0. The molecule has 170 valence electrons. The summed E-state index contributed by atoms with van der Waals surface area (Å²) in [4.78, 5) is 30.8. The number of urea groups is 1. The van der Waals surface area contributed by atoms with Crippen LogP contribution in [0.5, 0.6) is 5.75 Å². The van der Waals surface area contributed by atoms with Crippen LogP contribution in [0, 0.1) is 0 Å². The number of nitrogens with zero attached hydrogens (tertiary/aromatic N) is 2. The van der Waals surface area contributed by atoms with E-state index in [9.17, 15) is 22.8 Å². The molecule has 1 saturated heterocycles. The molecule has 3 aromatic rings. The quantitative estimate of drug-likeness (QED) is 0.493. The highest BCUT2D eigenvalue weighted by Gasteiger charge is 2.43. The normalized spacial score (nSPS) is 17.1. The molecule has 10 heteroatoms. The van der Waals surface area contributed by atoms with Crippen LogP contribution in [-0.2, 0) is 4.79 Å². The number of aromatic nitrogens is 1. The van der Waals surface area contributed by atoms with Crippen LogP contribution in [0.4, 0.5) is 23.7 Å². The van der Waals surface area contributed by atoms with Gasteiger partial charge in [0.15, 0.2) is 0 Å². The molecule has 0 spiro atoms. The van der Waals surface area contributed by atoms with Gasteiger partial charge in [-0.2, -0.15) is 0 Å². The molecular formula is C23H17ClF3N3O3. The molecule has 0 saturated carbocycles. The standard InChI is InChI=1S/C23H17ClF3N3O3/c1-13(18-10-11-28-12-19(18)14-2-4-15(24)5-3-14)20-21(31)30(22(32)29-20)16-6-8-17(9-7-16)33-23(25,26)27/h2-13,20H,1H3,(H,29,32). The number of hydrogen-bond donors (Lipinski definition) is 1. The summed E-state index contributed by atoms with van der Waals surface area (Å²) in [6, 6.07) is 11.9. The van der Waals surface area contributed by atoms with E-state index in [0.717, 1.165) is 33.7 Å². The first kappa shape index (κ1) is 22.6. The summed E-state index contributed by atoms with van der Waals surface area (Å²) in [5.41, 5.74) is 2.56. The lowest BCUT2D eigenvalue weighted by molar-refractivity contribution is -0.274. The highest BCUT2D eigenvalue weighted by Crippen LogP contribution is 2.34. The number of imide groups is 1. The third-order valence-electron chi connectivity index (χ3n) is 5.30. The van der Waals surface area contributed by atoms with Gasteiger partial charge in [0, 0.05) is 28.9 Å². The first-order chi connectivity index (χ1) is 15.6. The van der Waals surface area contributed by atoms with E-state index in [2.05, 4.69) is 15.0 Å². The molecular weight excluding hydrogens is 459 g/mol. The maximum atomic E-state index is 13.1. The predicted octanol–water partition coefficient (Wildman–Crippen LogP) is 5.53. The van der Waals surface area contributed by atoms with Crippen molar-refractivity contribution in [2.24, 2.45) is 0 Å². The Kier molecular flexibility index (Phi) is 5.99. The number of benzene rings is 2. The second kappa shape index (κ2) is 8.74. The number of hydrogen-bond acceptors (Lipinski definition) is 4. The van der Waals surface area contributed by atoms with Crippen LogP contribution in [0.3, 0.4) is 0 Å². The lowest BCUT2D eigenvalue weighted by atomic mass is 9.88. The fourth-order valence-corrected chi connectivity index (χ4v) is 3.86. The van der Waals surface area contributed by atoms with Crippen molar-refractivity contribution in [3.63, 3.8) is 0 Å². The number of ether oxygens (including phenoxy) is 1. The average Bonchev–Trinajstić information content (AvgIpc) is 3.07. The molecule has 1 aliphatic heterocycles. The Balaban J connectivity index is 1.59. The van der Waals surface area contributed by atoms with Gasteiger partial charge in [-0.1, -0.05) is 30.7 Å². The van der Waals surface area contributed by atoms with Crippen LogP contribution < -0.4 is 15.0 Å². The Morgan fingerprint density at radius 1 is 1.06 bits per heavy atom. The zero-order chi connectivity index (χ0) is 23.8. The monoisotopic (exact) mass is 475 g/mol. The van der Waals surface area contributed by atoms with Crippen LogP contribution in [-0.4, -0.2) is 29.3 Å². The number of halogens is 4. The molecule has 2 heterocycles. The van der Waals surface area contributed by atoms with E-state index >= 15 is 0 Å². The first-order valence-corrected chi connectivity index (χ1v) is 10.2. The van der Waals surface area contributed by atoms with Gasteiger partial charge in [0.05, 0.1) is 5.69 Å². The van der Waals surface area contributed by atoms with Gasteiger partial charge in [0.2, 0.25) is 0 Å². The van der Waals surface area contributed by atoms with E-state index in [4.69, 9.17) is 11.6 Å². The molecule has 1 N–H and O–H groups in total. The number of pyridine rings is 1. The zero-order valence-electron chi connectivity index (χ0n) is 17.1. The largest absolute Gasteiger partial charge is 0.573 e. The smallest absolute Gasteiger partial charge is 0.406 e. The lowest BCUT2D eigenvalue weighted by Crippen LogP contribution is -2.35. The molecule has 2 aromatic carbocycles. The first-order valence-electron chi connectivity index (χ1n) is 9.84. The van der Waals surface area contributed by atoms with Gasteiger partial charge in [-0.05, 0) is 53.6 Å². The predicted molar refractivity (Wildman–Crippen MR) is 116 cm³/mol. The van der Waals surface area contributed by atoms with Gasteiger partial charge >= 0.3 is 12.4 Å². The number of rotatable bonds is 5. The fraction of sp³-hybridized carbons (Fsp3) is 0.174. The highest BCUT2D eigenvalue weighted by atomic mass is 35.5. The van der Waals surface area contributed by atoms with E-state index in [0.29, 0.717) is 5.02 Å². The number of amides is 3. The van der Waals surface area contributed by atoms with Gasteiger partial charge in [-0.25, -0.2) is 9.69 Å². The summed E-state index contributed by atoms with van der Waals surface area (Å²) in [6.45, 7) is 1.81. The van der Waals surface area contributed by atoms with Crippen LogP contribution >= 0.6 is 11.6 Å². The minimum Gasteiger partial charge on any atom is -0.406 e. The van der Waals surface area contributed by atoms with Crippen molar-refractivity contribution >= 4 is 29.2 Å². The van der Waals surface area contributed by atoms with E-state index in [1.165, 1.54) is 12.1 Å². The second-order valence-corrected chi connectivity index (χ2v) is 7.84. The number of anilines is 1. The van der Waals surface area contributed by atoms with Gasteiger partial charge in [-0.15, -0.1) is 13.2 Å². The Labute approximate surface area is 191 Å². The number of carbonyl (C=O) groups excluding carboxylic acids is 2. The summed E-state index contributed by atoms with van der Waals surface area (Å²) in [5, 5.41) is 3.26. The highest BCUT2D eigenvalue weighted by molar-refractivity contribution is 6.30. The number of nitrogens with one attached hydrogen (secondary N) is 1. The molecule has 3 amide bonds. The SMILES string of the molecule is CC(c1ccncc1-c1ccc(Cl)cc1)C1NC(=O)N(c2ccc(OC(F)(F)F)cc2)C1=O. The summed E-state index contributed by atoms with van der Waals surface area (Å²) in [7, 11) is 0. The van der Waals surface area contributed by atoms with Crippen LogP contribution in [0.15, 0.2) is 67.0 Å². The van der Waals surface area contributed by atoms with Crippen LogP contribution in [0.2, 0.25) is 5.02 Å². The van der Waals surface area contributed by atoms with Crippen LogP contribution in [0.25, 0.3) is 11.1 Å². The third-order valence-corrected chi connectivity index (χ3v) is 5.55. The van der Waals surface area contributed by atoms with E-state index in [1.54, 1.807) is 37.5 Å². The molecule has 0 bridgehead atoms. The molecule has 33 heavy (non-hydrogen) atoms. The maximum Gasteiger partial charge on any atom is 0.573 e. The topological polar surface area (TPSA) is 71.5 Å². The zero-order valence-corrected chi connectivity index (χ0v) is 17.9. The second-order valence-electron chi connectivity index (χ2n) is 7.40. The number of alkyl halides is 3. The molecule has 2 unspecified atom stereocenters. The fourth-order valence-electron chi connectivity index (χ4n) is 3.73. The number of carbonyl (C=O) groups is 2. The van der Waals surface area contributed by atoms with Crippen molar-refractivity contribution in [1.82, 2.24) is 10.3 Å². The summed E-state index contributed by atoms with van der Waals surface area (Å²) in [5.74, 6) is -1.39. The van der Waals surface area contributed by atoms with E-state index in [1.807, 2.05) is 12.1 Å².